The summed E-state index contributed by atoms with van der Waals surface area (Å²) in [5, 5.41) is 10.0. The highest BCUT2D eigenvalue weighted by atomic mass is 14.9. The lowest BCUT2D eigenvalue weighted by Gasteiger charge is -2.09. The van der Waals surface area contributed by atoms with Crippen molar-refractivity contribution in [2.45, 2.75) is 6.92 Å². The third-order valence-corrected chi connectivity index (χ3v) is 6.16. The van der Waals surface area contributed by atoms with Gasteiger partial charge in [-0.3, -0.25) is 0 Å². The third-order valence-electron chi connectivity index (χ3n) is 6.16. The molecule has 5 rings (SSSR count). The molecule has 0 aromatic heterocycles. The van der Waals surface area contributed by atoms with Crippen LogP contribution in [0.25, 0.3) is 0 Å². The van der Waals surface area contributed by atoms with Gasteiger partial charge < -0.3 is 16.0 Å². The molecule has 0 radical (unpaired) electrons. The number of aryl methyl sites for hydroxylation is 1. The molecule has 0 amide bonds. The van der Waals surface area contributed by atoms with E-state index < -0.39 is 0 Å². The van der Waals surface area contributed by atoms with Crippen LogP contribution in [0.15, 0.2) is 182 Å². The number of allylic oxidation sites excluding steroid dienone is 8. The molecule has 4 nitrogen and oxygen atoms in total. The Balaban J connectivity index is 0.000000193. The fourth-order valence-corrected chi connectivity index (χ4v) is 3.92. The van der Waals surface area contributed by atoms with Gasteiger partial charge in [0.1, 0.15) is 0 Å². The first kappa shape index (κ1) is 29.4. The van der Waals surface area contributed by atoms with Gasteiger partial charge in [0.05, 0.1) is 11.4 Å². The van der Waals surface area contributed by atoms with Crippen molar-refractivity contribution < 1.29 is 0 Å². The Bertz CT molecular complexity index is 1590. The average molecular weight is 549 g/mol. The van der Waals surface area contributed by atoms with Gasteiger partial charge in [-0.25, -0.2) is 4.99 Å². The Kier molecular flexibility index (Phi) is 10.7. The second-order valence-electron chi connectivity index (χ2n) is 9.57. The first-order valence-electron chi connectivity index (χ1n) is 13.7. The molecule has 0 bridgehead atoms. The van der Waals surface area contributed by atoms with E-state index in [-0.39, 0.29) is 0 Å². The van der Waals surface area contributed by atoms with Crippen molar-refractivity contribution in [1.29, 1.82) is 0 Å². The highest BCUT2D eigenvalue weighted by molar-refractivity contribution is 6.07. The van der Waals surface area contributed by atoms with Gasteiger partial charge in [-0.15, -0.1) is 0 Å². The fraction of sp³-hybridized carbons (Fsp3) is 0.0263. The number of aliphatic imine (C=N–C) groups is 1. The number of hydrogen-bond donors (Lipinski definition) is 3. The summed E-state index contributed by atoms with van der Waals surface area (Å²) in [4.78, 5) is 4.55. The summed E-state index contributed by atoms with van der Waals surface area (Å²) < 4.78 is 0. The Labute approximate surface area is 249 Å². The molecule has 0 spiro atoms. The van der Waals surface area contributed by atoms with Crippen LogP contribution in [0.4, 0.5) is 34.1 Å². The zero-order valence-corrected chi connectivity index (χ0v) is 23.9. The van der Waals surface area contributed by atoms with Crippen LogP contribution in [0.5, 0.6) is 0 Å². The second kappa shape index (κ2) is 15.2. The van der Waals surface area contributed by atoms with Gasteiger partial charge in [-0.1, -0.05) is 73.9 Å². The molecule has 208 valence electrons. The van der Waals surface area contributed by atoms with Gasteiger partial charge in [0.2, 0.25) is 0 Å². The normalized spacial score (nSPS) is 12.1. The Morgan fingerprint density at radius 3 is 1.64 bits per heavy atom. The highest BCUT2D eigenvalue weighted by Gasteiger charge is 1.99. The SMILES string of the molecule is C=C/C=C(\C=C)Nc1ccc(N=C2C=CC(=C)C=C2)cc1.Cc1ccc(Nc2ccc(Nc3ccccc3)cc2)cc1. The minimum atomic E-state index is 0.903. The second-order valence-corrected chi connectivity index (χ2v) is 9.57. The van der Waals surface area contributed by atoms with E-state index in [1.165, 1.54) is 5.56 Å². The van der Waals surface area contributed by atoms with Crippen LogP contribution < -0.4 is 16.0 Å². The third kappa shape index (κ3) is 9.54. The van der Waals surface area contributed by atoms with Crippen LogP contribution in [0.3, 0.4) is 0 Å². The predicted octanol–water partition coefficient (Wildman–Crippen LogP) is 10.6. The predicted molar refractivity (Wildman–Crippen MR) is 184 cm³/mol. The van der Waals surface area contributed by atoms with Crippen LogP contribution in [0, 0.1) is 6.92 Å². The Morgan fingerprint density at radius 2 is 1.12 bits per heavy atom. The molecule has 0 saturated carbocycles. The zero-order chi connectivity index (χ0) is 29.6. The topological polar surface area (TPSA) is 48.5 Å². The maximum Gasteiger partial charge on any atom is 0.0638 e. The van der Waals surface area contributed by atoms with Gasteiger partial charge in [-0.2, -0.15) is 0 Å². The quantitative estimate of drug-likeness (QED) is 0.182. The number of hydrogen-bond acceptors (Lipinski definition) is 4. The smallest absolute Gasteiger partial charge is 0.0638 e. The monoisotopic (exact) mass is 548 g/mol. The number of anilines is 5. The molecular formula is C38H36N4. The minimum absolute atomic E-state index is 0.903. The van der Waals surface area contributed by atoms with Crippen LogP contribution in [-0.2, 0) is 0 Å². The number of rotatable bonds is 9. The molecule has 42 heavy (non-hydrogen) atoms. The fourth-order valence-electron chi connectivity index (χ4n) is 3.92. The maximum absolute atomic E-state index is 4.55. The maximum atomic E-state index is 4.55. The van der Waals surface area contributed by atoms with E-state index in [2.05, 4.69) is 108 Å². The number of benzene rings is 4. The summed E-state index contributed by atoms with van der Waals surface area (Å²) in [5.74, 6) is 0. The molecule has 4 heteroatoms. The van der Waals surface area contributed by atoms with Crippen molar-refractivity contribution >= 4 is 39.8 Å². The van der Waals surface area contributed by atoms with Crippen molar-refractivity contribution in [3.05, 3.63) is 182 Å². The molecular weight excluding hydrogens is 512 g/mol. The molecule has 4 aromatic carbocycles. The van der Waals surface area contributed by atoms with E-state index in [0.717, 1.165) is 51.1 Å². The number of nitrogens with zero attached hydrogens (tertiary/aromatic N) is 1. The molecule has 1 aliphatic carbocycles. The van der Waals surface area contributed by atoms with Crippen molar-refractivity contribution in [2.24, 2.45) is 4.99 Å². The Hall–Kier alpha value is -5.61. The van der Waals surface area contributed by atoms with Crippen LogP contribution >= 0.6 is 0 Å². The van der Waals surface area contributed by atoms with Crippen LogP contribution in [-0.4, -0.2) is 5.71 Å². The molecule has 0 aliphatic heterocycles. The van der Waals surface area contributed by atoms with Gasteiger partial charge >= 0.3 is 0 Å². The zero-order valence-electron chi connectivity index (χ0n) is 23.9. The van der Waals surface area contributed by atoms with E-state index in [4.69, 9.17) is 0 Å². The van der Waals surface area contributed by atoms with Crippen molar-refractivity contribution in [3.63, 3.8) is 0 Å². The molecule has 0 saturated heterocycles. The van der Waals surface area contributed by atoms with Crippen molar-refractivity contribution in [2.75, 3.05) is 16.0 Å². The van der Waals surface area contributed by atoms with E-state index >= 15 is 0 Å². The lowest BCUT2D eigenvalue weighted by molar-refractivity contribution is 1.45. The largest absolute Gasteiger partial charge is 0.356 e. The van der Waals surface area contributed by atoms with Gasteiger partial charge in [0, 0.05) is 34.1 Å². The van der Waals surface area contributed by atoms with Crippen LogP contribution in [0.1, 0.15) is 5.56 Å². The average Bonchev–Trinajstić information content (AvgIpc) is 3.02. The lowest BCUT2D eigenvalue weighted by atomic mass is 10.1. The van der Waals surface area contributed by atoms with E-state index in [0.29, 0.717) is 0 Å². The standard InChI is InChI=1S/2C19H18N2/c1-15-7-9-17(10-8-15)21-19-13-11-18(12-14-19)20-16-5-3-2-4-6-16;1-4-6-16(5-2)20-18-11-13-19(14-12-18)21-17-9-7-15(3)8-10-17/h2-14,20-21H,1H3;4-14,20H,1-3H2/b;16-6+. The molecule has 3 N–H and O–H groups in total. The van der Waals surface area contributed by atoms with Gasteiger partial charge in [0.25, 0.3) is 0 Å². The first-order valence-corrected chi connectivity index (χ1v) is 13.7. The minimum Gasteiger partial charge on any atom is -0.356 e. The first-order chi connectivity index (χ1) is 20.5. The molecule has 0 atom stereocenters. The summed E-state index contributed by atoms with van der Waals surface area (Å²) in [5.41, 5.74) is 10.3. The summed E-state index contributed by atoms with van der Waals surface area (Å²) in [7, 11) is 0. The highest BCUT2D eigenvalue weighted by Crippen LogP contribution is 2.22. The number of nitrogens with one attached hydrogen (secondary N) is 3. The molecule has 1 aliphatic rings. The Morgan fingerprint density at radius 1 is 0.619 bits per heavy atom. The van der Waals surface area contributed by atoms with Crippen LogP contribution in [0.2, 0.25) is 0 Å². The summed E-state index contributed by atoms with van der Waals surface area (Å²) in [6.45, 7) is 13.4. The summed E-state index contributed by atoms with van der Waals surface area (Å²) >= 11 is 0. The molecule has 0 fully saturated rings. The van der Waals surface area contributed by atoms with Crippen molar-refractivity contribution in [3.8, 4) is 0 Å². The molecule has 0 heterocycles. The molecule has 4 aromatic rings. The molecule has 0 unspecified atom stereocenters. The summed E-state index contributed by atoms with van der Waals surface area (Å²) in [6.07, 6.45) is 13.1. The van der Waals surface area contributed by atoms with E-state index in [1.54, 1.807) is 12.2 Å². The number of para-hydroxylation sites is 1. The van der Waals surface area contributed by atoms with Gasteiger partial charge in [-0.05, 0) is 110 Å². The van der Waals surface area contributed by atoms with E-state index in [9.17, 15) is 0 Å². The van der Waals surface area contributed by atoms with Crippen molar-refractivity contribution in [1.82, 2.24) is 0 Å². The van der Waals surface area contributed by atoms with E-state index in [1.807, 2.05) is 72.8 Å². The van der Waals surface area contributed by atoms with Gasteiger partial charge in [0.15, 0.2) is 0 Å². The lowest BCUT2D eigenvalue weighted by Crippen LogP contribution is -1.95. The summed E-state index contributed by atoms with van der Waals surface area (Å²) in [6, 6.07) is 34.7.